The maximum Gasteiger partial charge on any atom is 0.223 e. The van der Waals surface area contributed by atoms with E-state index in [1.807, 2.05) is 13.0 Å². The third kappa shape index (κ3) is 3.22. The highest BCUT2D eigenvalue weighted by Gasteiger charge is 2.36. The lowest BCUT2D eigenvalue weighted by atomic mass is 10.2. The Morgan fingerprint density at radius 3 is 2.82 bits per heavy atom. The highest BCUT2D eigenvalue weighted by Crippen LogP contribution is 2.37. The van der Waals surface area contributed by atoms with Crippen molar-refractivity contribution in [3.8, 4) is 0 Å². The number of hydrogen-bond donors (Lipinski definition) is 3. The summed E-state index contributed by atoms with van der Waals surface area (Å²) in [6, 6.07) is 2.49. The van der Waals surface area contributed by atoms with E-state index in [1.54, 1.807) is 0 Å². The molecule has 5 nitrogen and oxygen atoms in total. The first-order valence-electron chi connectivity index (χ1n) is 6.37. The van der Waals surface area contributed by atoms with Gasteiger partial charge in [0.1, 0.15) is 11.6 Å². The Balaban J connectivity index is 1.96. The van der Waals surface area contributed by atoms with E-state index in [2.05, 4.69) is 27.5 Å². The summed E-state index contributed by atoms with van der Waals surface area (Å²) in [6.07, 6.45) is 3.78. The molecule has 2 unspecified atom stereocenters. The van der Waals surface area contributed by atoms with Crippen LogP contribution in [0.2, 0.25) is 0 Å². The first-order valence-corrected chi connectivity index (χ1v) is 6.37. The van der Waals surface area contributed by atoms with Gasteiger partial charge in [-0.15, -0.1) is 0 Å². The van der Waals surface area contributed by atoms with E-state index < -0.39 is 0 Å². The maximum atomic E-state index is 5.68. The SMILES string of the molecule is CCCC1CC1Nc1cc(NCC)nc(N)n1. The van der Waals surface area contributed by atoms with Crippen LogP contribution in [-0.2, 0) is 0 Å². The molecule has 1 aromatic rings. The van der Waals surface area contributed by atoms with Crippen molar-refractivity contribution in [1.29, 1.82) is 0 Å². The quantitative estimate of drug-likeness (QED) is 0.704. The van der Waals surface area contributed by atoms with Gasteiger partial charge in [-0.3, -0.25) is 0 Å². The molecule has 1 aliphatic rings. The number of nitrogens with two attached hydrogens (primary N) is 1. The Kier molecular flexibility index (Phi) is 3.66. The van der Waals surface area contributed by atoms with Gasteiger partial charge in [0.2, 0.25) is 5.95 Å². The Morgan fingerprint density at radius 1 is 1.35 bits per heavy atom. The molecule has 0 aliphatic heterocycles. The van der Waals surface area contributed by atoms with E-state index >= 15 is 0 Å². The largest absolute Gasteiger partial charge is 0.370 e. The van der Waals surface area contributed by atoms with Gasteiger partial charge in [-0.2, -0.15) is 9.97 Å². The van der Waals surface area contributed by atoms with Gasteiger partial charge in [-0.1, -0.05) is 13.3 Å². The van der Waals surface area contributed by atoms with Crippen molar-refractivity contribution in [1.82, 2.24) is 9.97 Å². The minimum atomic E-state index is 0.318. The first kappa shape index (κ1) is 12.0. The van der Waals surface area contributed by atoms with Crippen LogP contribution >= 0.6 is 0 Å². The molecule has 0 amide bonds. The van der Waals surface area contributed by atoms with Crippen LogP contribution in [0.1, 0.15) is 33.1 Å². The molecule has 0 saturated heterocycles. The molecule has 2 atom stereocenters. The van der Waals surface area contributed by atoms with Gasteiger partial charge in [0.25, 0.3) is 0 Å². The molecule has 17 heavy (non-hydrogen) atoms. The Morgan fingerprint density at radius 2 is 2.12 bits per heavy atom. The second-order valence-electron chi connectivity index (χ2n) is 4.56. The molecular weight excluding hydrogens is 214 g/mol. The normalized spacial score (nSPS) is 22.2. The lowest BCUT2D eigenvalue weighted by Crippen LogP contribution is -2.10. The summed E-state index contributed by atoms with van der Waals surface area (Å²) < 4.78 is 0. The standard InChI is InChI=1S/C12H21N5/c1-3-5-8-6-9(8)15-11-7-10(14-4-2)16-12(13)17-11/h7-9H,3-6H2,1-2H3,(H4,13,14,15,16,17). The zero-order valence-electron chi connectivity index (χ0n) is 10.5. The van der Waals surface area contributed by atoms with Crippen molar-refractivity contribution in [2.45, 2.75) is 39.2 Å². The van der Waals surface area contributed by atoms with E-state index in [-0.39, 0.29) is 0 Å². The highest BCUT2D eigenvalue weighted by molar-refractivity contribution is 5.52. The summed E-state index contributed by atoms with van der Waals surface area (Å²) in [4.78, 5) is 8.33. The van der Waals surface area contributed by atoms with E-state index in [0.717, 1.165) is 24.1 Å². The Bertz CT molecular complexity index is 379. The van der Waals surface area contributed by atoms with E-state index in [4.69, 9.17) is 5.73 Å². The predicted molar refractivity (Wildman–Crippen MR) is 71.0 cm³/mol. The number of nitrogen functional groups attached to an aromatic ring is 1. The van der Waals surface area contributed by atoms with Crippen LogP contribution in [0.15, 0.2) is 6.07 Å². The summed E-state index contributed by atoms with van der Waals surface area (Å²) in [7, 11) is 0. The fourth-order valence-corrected chi connectivity index (χ4v) is 2.12. The van der Waals surface area contributed by atoms with Gasteiger partial charge in [0.05, 0.1) is 0 Å². The zero-order chi connectivity index (χ0) is 12.3. The van der Waals surface area contributed by atoms with Crippen LogP contribution in [0, 0.1) is 5.92 Å². The smallest absolute Gasteiger partial charge is 0.223 e. The predicted octanol–water partition coefficient (Wildman–Crippen LogP) is 2.09. The van der Waals surface area contributed by atoms with Crippen molar-refractivity contribution in [3.05, 3.63) is 6.07 Å². The summed E-state index contributed by atoms with van der Waals surface area (Å²) in [5.74, 6) is 2.74. The molecule has 1 aliphatic carbocycles. The number of nitrogens with one attached hydrogen (secondary N) is 2. The topological polar surface area (TPSA) is 75.9 Å². The molecule has 1 aromatic heterocycles. The Hall–Kier alpha value is -1.52. The Labute approximate surface area is 102 Å². The zero-order valence-corrected chi connectivity index (χ0v) is 10.5. The molecule has 1 saturated carbocycles. The molecule has 94 valence electrons. The van der Waals surface area contributed by atoms with Crippen LogP contribution in [0.3, 0.4) is 0 Å². The van der Waals surface area contributed by atoms with Crippen molar-refractivity contribution in [2.24, 2.45) is 5.92 Å². The van der Waals surface area contributed by atoms with Gasteiger partial charge in [0.15, 0.2) is 0 Å². The molecule has 1 fully saturated rings. The second-order valence-corrected chi connectivity index (χ2v) is 4.56. The molecular formula is C12H21N5. The number of anilines is 3. The minimum Gasteiger partial charge on any atom is -0.370 e. The van der Waals surface area contributed by atoms with Crippen molar-refractivity contribution in [2.75, 3.05) is 22.9 Å². The van der Waals surface area contributed by atoms with Crippen LogP contribution < -0.4 is 16.4 Å². The van der Waals surface area contributed by atoms with Crippen molar-refractivity contribution in [3.63, 3.8) is 0 Å². The lowest BCUT2D eigenvalue weighted by Gasteiger charge is -2.08. The first-order chi connectivity index (χ1) is 8.22. The molecule has 0 aromatic carbocycles. The van der Waals surface area contributed by atoms with Gasteiger partial charge in [-0.05, 0) is 25.7 Å². The van der Waals surface area contributed by atoms with E-state index in [1.165, 1.54) is 19.3 Å². The van der Waals surface area contributed by atoms with Crippen LogP contribution in [0.5, 0.6) is 0 Å². The monoisotopic (exact) mass is 235 g/mol. The van der Waals surface area contributed by atoms with Crippen LogP contribution in [0.25, 0.3) is 0 Å². The molecule has 0 radical (unpaired) electrons. The van der Waals surface area contributed by atoms with E-state index in [9.17, 15) is 0 Å². The van der Waals surface area contributed by atoms with E-state index in [0.29, 0.717) is 12.0 Å². The van der Waals surface area contributed by atoms with Gasteiger partial charge >= 0.3 is 0 Å². The molecule has 1 heterocycles. The molecule has 5 heteroatoms. The molecule has 0 bridgehead atoms. The summed E-state index contributed by atoms with van der Waals surface area (Å²) in [5, 5.41) is 6.57. The van der Waals surface area contributed by atoms with Gasteiger partial charge in [-0.25, -0.2) is 0 Å². The molecule has 4 N–H and O–H groups in total. The summed E-state index contributed by atoms with van der Waals surface area (Å²) in [5.41, 5.74) is 5.68. The van der Waals surface area contributed by atoms with Gasteiger partial charge < -0.3 is 16.4 Å². The van der Waals surface area contributed by atoms with Crippen LogP contribution in [-0.4, -0.2) is 22.6 Å². The highest BCUT2D eigenvalue weighted by atomic mass is 15.1. The fourth-order valence-electron chi connectivity index (χ4n) is 2.12. The van der Waals surface area contributed by atoms with Crippen LogP contribution in [0.4, 0.5) is 17.6 Å². The van der Waals surface area contributed by atoms with Crippen molar-refractivity contribution < 1.29 is 0 Å². The van der Waals surface area contributed by atoms with Crippen molar-refractivity contribution >= 4 is 17.6 Å². The summed E-state index contributed by atoms with van der Waals surface area (Å²) in [6.45, 7) is 5.09. The summed E-state index contributed by atoms with van der Waals surface area (Å²) >= 11 is 0. The third-order valence-corrected chi connectivity index (χ3v) is 3.02. The van der Waals surface area contributed by atoms with Gasteiger partial charge in [0, 0.05) is 18.7 Å². The number of aromatic nitrogens is 2. The average molecular weight is 235 g/mol. The number of hydrogen-bond acceptors (Lipinski definition) is 5. The number of nitrogens with zero attached hydrogens (tertiary/aromatic N) is 2. The number of rotatable bonds is 6. The fraction of sp³-hybridized carbons (Fsp3) is 0.667. The molecule has 0 spiro atoms. The second kappa shape index (κ2) is 5.21. The molecule has 2 rings (SSSR count). The third-order valence-electron chi connectivity index (χ3n) is 3.02. The minimum absolute atomic E-state index is 0.318. The maximum absolute atomic E-state index is 5.68. The lowest BCUT2D eigenvalue weighted by molar-refractivity contribution is 0.692. The average Bonchev–Trinajstić information content (AvgIpc) is 2.96.